The minimum atomic E-state index is -4.11. The highest BCUT2D eigenvalue weighted by atomic mass is 19.4. The molecule has 0 atom stereocenters. The summed E-state index contributed by atoms with van der Waals surface area (Å²) in [7, 11) is 1.55. The second-order valence-corrected chi connectivity index (χ2v) is 3.28. The van der Waals surface area contributed by atoms with E-state index in [1.807, 2.05) is 0 Å². The zero-order valence-corrected chi connectivity index (χ0v) is 7.99. The molecule has 0 amide bonds. The number of alkyl halides is 3. The molecule has 2 N–H and O–H groups in total. The molecule has 14 heavy (non-hydrogen) atoms. The maximum atomic E-state index is 11.8. The van der Waals surface area contributed by atoms with Crippen molar-refractivity contribution in [3.8, 4) is 0 Å². The quantitative estimate of drug-likeness (QED) is 0.542. The van der Waals surface area contributed by atoms with E-state index in [0.717, 1.165) is 12.8 Å². The van der Waals surface area contributed by atoms with Gasteiger partial charge >= 0.3 is 6.18 Å². The van der Waals surface area contributed by atoms with Crippen LogP contribution in [0.2, 0.25) is 0 Å². The number of hydrogen-bond donors (Lipinski definition) is 2. The highest BCUT2D eigenvalue weighted by Crippen LogP contribution is 2.19. The largest absolute Gasteiger partial charge is 0.390 e. The molecule has 1 rings (SSSR count). The van der Waals surface area contributed by atoms with Gasteiger partial charge in [0.15, 0.2) is 5.96 Å². The van der Waals surface area contributed by atoms with Crippen LogP contribution in [0.5, 0.6) is 0 Å². The van der Waals surface area contributed by atoms with Crippen LogP contribution in [0.25, 0.3) is 0 Å². The van der Waals surface area contributed by atoms with Crippen LogP contribution in [-0.4, -0.2) is 31.8 Å². The van der Waals surface area contributed by atoms with Gasteiger partial charge in [-0.1, -0.05) is 0 Å². The fourth-order valence-electron chi connectivity index (χ4n) is 0.938. The van der Waals surface area contributed by atoms with Gasteiger partial charge in [-0.05, 0) is 12.8 Å². The van der Waals surface area contributed by atoms with Crippen LogP contribution < -0.4 is 10.6 Å². The van der Waals surface area contributed by atoms with Crippen molar-refractivity contribution in [3.05, 3.63) is 0 Å². The molecule has 1 fully saturated rings. The number of rotatable bonds is 3. The summed E-state index contributed by atoms with van der Waals surface area (Å²) in [5.41, 5.74) is 0. The van der Waals surface area contributed by atoms with Crippen LogP contribution in [-0.2, 0) is 0 Å². The minimum absolute atomic E-state index is 0.129. The van der Waals surface area contributed by atoms with Gasteiger partial charge in [-0.3, -0.25) is 4.99 Å². The van der Waals surface area contributed by atoms with Crippen LogP contribution >= 0.6 is 0 Å². The van der Waals surface area contributed by atoms with Crippen molar-refractivity contribution in [2.24, 2.45) is 4.99 Å². The Morgan fingerprint density at radius 1 is 1.43 bits per heavy atom. The van der Waals surface area contributed by atoms with Crippen molar-refractivity contribution in [2.75, 3.05) is 13.6 Å². The van der Waals surface area contributed by atoms with E-state index in [0.29, 0.717) is 12.0 Å². The number of nitrogens with one attached hydrogen (secondary N) is 2. The van der Waals surface area contributed by atoms with Gasteiger partial charge in [0.05, 0.1) is 6.42 Å². The first-order valence-electron chi connectivity index (χ1n) is 4.55. The van der Waals surface area contributed by atoms with Gasteiger partial charge in [0.1, 0.15) is 0 Å². The Bertz CT molecular complexity index is 208. The van der Waals surface area contributed by atoms with Gasteiger partial charge in [0.2, 0.25) is 0 Å². The van der Waals surface area contributed by atoms with E-state index in [1.165, 1.54) is 0 Å². The highest BCUT2D eigenvalue weighted by molar-refractivity contribution is 5.80. The molecule has 0 heterocycles. The smallest absolute Gasteiger partial charge is 0.356 e. The van der Waals surface area contributed by atoms with Gasteiger partial charge in [0, 0.05) is 19.6 Å². The van der Waals surface area contributed by atoms with Crippen molar-refractivity contribution >= 4 is 5.96 Å². The van der Waals surface area contributed by atoms with Crippen LogP contribution in [0.3, 0.4) is 0 Å². The summed E-state index contributed by atoms with van der Waals surface area (Å²) in [6.45, 7) is -0.129. The lowest BCUT2D eigenvalue weighted by molar-refractivity contribution is -0.132. The van der Waals surface area contributed by atoms with E-state index >= 15 is 0 Å². The minimum Gasteiger partial charge on any atom is -0.356 e. The predicted molar refractivity (Wildman–Crippen MR) is 48.2 cm³/mol. The van der Waals surface area contributed by atoms with E-state index in [9.17, 15) is 13.2 Å². The number of hydrogen-bond acceptors (Lipinski definition) is 1. The maximum absolute atomic E-state index is 11.8. The molecular weight excluding hydrogens is 195 g/mol. The third kappa shape index (κ3) is 4.94. The van der Waals surface area contributed by atoms with Gasteiger partial charge in [0.25, 0.3) is 0 Å². The first-order chi connectivity index (χ1) is 6.51. The molecule has 0 aromatic rings. The van der Waals surface area contributed by atoms with Crippen molar-refractivity contribution in [2.45, 2.75) is 31.5 Å². The standard InChI is InChI=1S/C8H14F3N3/c1-12-7(14-6-2-3-6)13-5-4-8(9,10)11/h6H,2-5H2,1H3,(H2,12,13,14). The Labute approximate surface area is 80.8 Å². The molecule has 1 aliphatic carbocycles. The highest BCUT2D eigenvalue weighted by Gasteiger charge is 2.27. The van der Waals surface area contributed by atoms with E-state index in [2.05, 4.69) is 15.6 Å². The summed E-state index contributed by atoms with van der Waals surface area (Å²) < 4.78 is 35.4. The molecule has 82 valence electrons. The van der Waals surface area contributed by atoms with Crippen LogP contribution in [0.4, 0.5) is 13.2 Å². The Morgan fingerprint density at radius 2 is 2.07 bits per heavy atom. The van der Waals surface area contributed by atoms with Crippen LogP contribution in [0.15, 0.2) is 4.99 Å². The van der Waals surface area contributed by atoms with Gasteiger partial charge < -0.3 is 10.6 Å². The first-order valence-corrected chi connectivity index (χ1v) is 4.55. The Hall–Kier alpha value is -0.940. The average molecular weight is 209 g/mol. The molecule has 0 radical (unpaired) electrons. The number of nitrogens with zero attached hydrogens (tertiary/aromatic N) is 1. The molecule has 0 aromatic carbocycles. The third-order valence-electron chi connectivity index (χ3n) is 1.84. The third-order valence-corrected chi connectivity index (χ3v) is 1.84. The molecule has 1 saturated carbocycles. The molecule has 0 aliphatic heterocycles. The zero-order valence-electron chi connectivity index (χ0n) is 7.99. The topological polar surface area (TPSA) is 36.4 Å². The van der Waals surface area contributed by atoms with E-state index in [4.69, 9.17) is 0 Å². The molecule has 0 bridgehead atoms. The maximum Gasteiger partial charge on any atom is 0.390 e. The number of halogens is 3. The molecule has 1 aliphatic rings. The summed E-state index contributed by atoms with van der Waals surface area (Å²) in [5.74, 6) is 0.455. The Kier molecular flexibility index (Phi) is 3.60. The van der Waals surface area contributed by atoms with Crippen LogP contribution in [0.1, 0.15) is 19.3 Å². The summed E-state index contributed by atoms with van der Waals surface area (Å²) in [6, 6.07) is 0.395. The monoisotopic (exact) mass is 209 g/mol. The lowest BCUT2D eigenvalue weighted by Gasteiger charge is -2.11. The zero-order chi connectivity index (χ0) is 10.6. The summed E-state index contributed by atoms with van der Waals surface area (Å²) >= 11 is 0. The molecule has 0 spiro atoms. The van der Waals surface area contributed by atoms with Gasteiger partial charge in [-0.25, -0.2) is 0 Å². The van der Waals surface area contributed by atoms with Crippen LogP contribution in [0, 0.1) is 0 Å². The van der Waals surface area contributed by atoms with Gasteiger partial charge in [-0.2, -0.15) is 13.2 Å². The Morgan fingerprint density at radius 3 is 2.50 bits per heavy atom. The fourth-order valence-corrected chi connectivity index (χ4v) is 0.938. The van der Waals surface area contributed by atoms with E-state index in [-0.39, 0.29) is 6.54 Å². The molecule has 0 saturated heterocycles. The van der Waals surface area contributed by atoms with E-state index in [1.54, 1.807) is 7.05 Å². The normalized spacial score (nSPS) is 18.1. The van der Waals surface area contributed by atoms with Gasteiger partial charge in [-0.15, -0.1) is 0 Å². The van der Waals surface area contributed by atoms with E-state index < -0.39 is 12.6 Å². The Balaban J connectivity index is 2.14. The van der Waals surface area contributed by atoms with Crippen molar-refractivity contribution in [1.82, 2.24) is 10.6 Å². The number of aliphatic imine (C=N–C) groups is 1. The molecule has 3 nitrogen and oxygen atoms in total. The lowest BCUT2D eigenvalue weighted by atomic mass is 10.4. The SMILES string of the molecule is CN=C(NCCC(F)(F)F)NC1CC1. The first kappa shape index (κ1) is 11.1. The summed E-state index contributed by atoms with van der Waals surface area (Å²) in [6.07, 6.45) is -2.80. The molecule has 0 aromatic heterocycles. The molecular formula is C8H14F3N3. The average Bonchev–Trinajstić information content (AvgIpc) is 2.84. The fraction of sp³-hybridized carbons (Fsp3) is 0.875. The second-order valence-electron chi connectivity index (χ2n) is 3.28. The number of guanidine groups is 1. The molecule has 0 unspecified atom stereocenters. The van der Waals surface area contributed by atoms with Crippen molar-refractivity contribution in [3.63, 3.8) is 0 Å². The predicted octanol–water partition coefficient (Wildman–Crippen LogP) is 1.27. The lowest BCUT2D eigenvalue weighted by Crippen LogP contribution is -2.39. The molecule has 6 heteroatoms. The summed E-state index contributed by atoms with van der Waals surface area (Å²) in [4.78, 5) is 3.81. The van der Waals surface area contributed by atoms with Crippen molar-refractivity contribution in [1.29, 1.82) is 0 Å². The van der Waals surface area contributed by atoms with Crippen molar-refractivity contribution < 1.29 is 13.2 Å². The second kappa shape index (κ2) is 4.52. The summed E-state index contributed by atoms with van der Waals surface area (Å²) in [5, 5.41) is 5.61.